The highest BCUT2D eigenvalue weighted by atomic mass is 79.9. The van der Waals surface area contributed by atoms with E-state index in [1.165, 1.54) is 18.2 Å². The Labute approximate surface area is 130 Å². The Bertz CT molecular complexity index is 657. The molecule has 0 amide bonds. The number of halogens is 3. The minimum absolute atomic E-state index is 0.00847. The largest absolute Gasteiger partial charge is 0.485 e. The predicted molar refractivity (Wildman–Crippen MR) is 80.3 cm³/mol. The van der Waals surface area contributed by atoms with Crippen molar-refractivity contribution >= 4 is 15.9 Å². The monoisotopic (exact) mass is 353 g/mol. The minimum Gasteiger partial charge on any atom is -0.485 e. The van der Waals surface area contributed by atoms with Gasteiger partial charge in [-0.25, -0.2) is 8.78 Å². The first-order valence-corrected chi connectivity index (χ1v) is 7.46. The third kappa shape index (κ3) is 2.68. The Morgan fingerprint density at radius 2 is 1.90 bits per heavy atom. The summed E-state index contributed by atoms with van der Waals surface area (Å²) in [5, 5.41) is 3.18. The number of rotatable bonds is 2. The van der Waals surface area contributed by atoms with Crippen LogP contribution in [0.5, 0.6) is 5.75 Å². The van der Waals surface area contributed by atoms with Crippen molar-refractivity contribution in [1.29, 1.82) is 0 Å². The van der Waals surface area contributed by atoms with Gasteiger partial charge in [-0.2, -0.15) is 0 Å². The lowest BCUT2D eigenvalue weighted by atomic mass is 9.92. The molecule has 2 aromatic carbocycles. The van der Waals surface area contributed by atoms with Gasteiger partial charge in [-0.3, -0.25) is 0 Å². The summed E-state index contributed by atoms with van der Waals surface area (Å²) in [6.07, 6.45) is -0.173. The van der Waals surface area contributed by atoms with Gasteiger partial charge in [0.15, 0.2) is 0 Å². The molecule has 1 aliphatic rings. The average Bonchev–Trinajstić information content (AvgIpc) is 2.45. The van der Waals surface area contributed by atoms with Gasteiger partial charge in [-0.15, -0.1) is 0 Å². The van der Waals surface area contributed by atoms with Gasteiger partial charge in [0, 0.05) is 22.5 Å². The molecule has 0 fully saturated rings. The number of ether oxygens (including phenoxy) is 1. The van der Waals surface area contributed by atoms with Crippen LogP contribution in [0.15, 0.2) is 40.9 Å². The predicted octanol–water partition coefficient (Wildman–Crippen LogP) is 4.51. The first kappa shape index (κ1) is 14.5. The third-order valence-electron chi connectivity index (χ3n) is 3.74. The summed E-state index contributed by atoms with van der Waals surface area (Å²) in [5.41, 5.74) is 0.983. The van der Waals surface area contributed by atoms with E-state index in [1.54, 1.807) is 0 Å². The van der Waals surface area contributed by atoms with Crippen molar-refractivity contribution in [2.75, 3.05) is 7.05 Å². The van der Waals surface area contributed by atoms with Gasteiger partial charge in [0.1, 0.15) is 23.5 Å². The van der Waals surface area contributed by atoms with Crippen LogP contribution < -0.4 is 10.1 Å². The number of nitrogens with one attached hydrogen (secondary N) is 1. The Kier molecular flexibility index (Phi) is 3.95. The molecule has 1 N–H and O–H groups in total. The van der Waals surface area contributed by atoms with Crippen molar-refractivity contribution in [3.05, 3.63) is 63.6 Å². The summed E-state index contributed by atoms with van der Waals surface area (Å²) in [4.78, 5) is 0. The second-order valence-electron chi connectivity index (χ2n) is 5.00. The summed E-state index contributed by atoms with van der Waals surface area (Å²) in [6, 6.07) is 9.57. The fraction of sp³-hybridized carbons (Fsp3) is 0.250. The Morgan fingerprint density at radius 1 is 1.19 bits per heavy atom. The van der Waals surface area contributed by atoms with Crippen molar-refractivity contribution < 1.29 is 13.5 Å². The minimum atomic E-state index is -0.648. The quantitative estimate of drug-likeness (QED) is 0.857. The number of benzene rings is 2. The van der Waals surface area contributed by atoms with E-state index in [1.807, 2.05) is 25.2 Å². The van der Waals surface area contributed by atoms with Crippen LogP contribution in [0.2, 0.25) is 0 Å². The zero-order valence-corrected chi connectivity index (χ0v) is 13.0. The van der Waals surface area contributed by atoms with E-state index in [9.17, 15) is 8.78 Å². The number of hydrogen-bond donors (Lipinski definition) is 1. The molecule has 1 heterocycles. The van der Waals surface area contributed by atoms with E-state index in [4.69, 9.17) is 4.74 Å². The molecule has 2 nitrogen and oxygen atoms in total. The lowest BCUT2D eigenvalue weighted by Crippen LogP contribution is -2.27. The summed E-state index contributed by atoms with van der Waals surface area (Å²) >= 11 is 3.39. The Morgan fingerprint density at radius 3 is 2.57 bits per heavy atom. The molecule has 0 saturated carbocycles. The van der Waals surface area contributed by atoms with Gasteiger partial charge in [-0.05, 0) is 31.3 Å². The summed E-state index contributed by atoms with van der Waals surface area (Å²) in [5.74, 6) is -0.510. The lowest BCUT2D eigenvalue weighted by Gasteiger charge is -2.32. The highest BCUT2D eigenvalue weighted by Crippen LogP contribution is 2.42. The molecule has 0 saturated heterocycles. The van der Waals surface area contributed by atoms with E-state index >= 15 is 0 Å². The van der Waals surface area contributed by atoms with E-state index in [0.717, 1.165) is 10.0 Å². The molecule has 0 aliphatic carbocycles. The molecule has 21 heavy (non-hydrogen) atoms. The molecular formula is C16H14BrF2NO. The lowest BCUT2D eigenvalue weighted by molar-refractivity contribution is 0.145. The summed E-state index contributed by atoms with van der Waals surface area (Å²) < 4.78 is 34.7. The zero-order valence-electron chi connectivity index (χ0n) is 11.4. The summed E-state index contributed by atoms with van der Waals surface area (Å²) in [6.45, 7) is 0. The molecule has 0 spiro atoms. The highest BCUT2D eigenvalue weighted by Gasteiger charge is 2.31. The molecular weight excluding hydrogens is 340 g/mol. The molecule has 110 valence electrons. The number of hydrogen-bond acceptors (Lipinski definition) is 2. The maximum absolute atomic E-state index is 14.0. The van der Waals surface area contributed by atoms with Crippen molar-refractivity contribution in [1.82, 2.24) is 5.32 Å². The van der Waals surface area contributed by atoms with Crippen LogP contribution in [0.4, 0.5) is 8.78 Å². The first-order chi connectivity index (χ1) is 10.1. The Balaban J connectivity index is 2.04. The first-order valence-electron chi connectivity index (χ1n) is 6.67. The van der Waals surface area contributed by atoms with Crippen LogP contribution >= 0.6 is 15.9 Å². The second kappa shape index (κ2) is 5.73. The normalized spacial score (nSPS) is 20.8. The smallest absolute Gasteiger partial charge is 0.133 e. The Hall–Kier alpha value is -1.46. The van der Waals surface area contributed by atoms with Gasteiger partial charge < -0.3 is 10.1 Å². The van der Waals surface area contributed by atoms with Crippen LogP contribution in [-0.4, -0.2) is 7.05 Å². The van der Waals surface area contributed by atoms with Crippen molar-refractivity contribution in [3.63, 3.8) is 0 Å². The van der Waals surface area contributed by atoms with Gasteiger partial charge in [0.25, 0.3) is 0 Å². The van der Waals surface area contributed by atoms with Crippen molar-refractivity contribution in [2.24, 2.45) is 0 Å². The van der Waals surface area contributed by atoms with Crippen LogP contribution in [-0.2, 0) is 0 Å². The number of fused-ring (bicyclic) bond motifs is 1. The molecule has 0 aromatic heterocycles. The maximum Gasteiger partial charge on any atom is 0.133 e. The summed E-state index contributed by atoms with van der Waals surface area (Å²) in [7, 11) is 1.83. The third-order valence-corrected chi connectivity index (χ3v) is 4.23. The molecule has 2 unspecified atom stereocenters. The van der Waals surface area contributed by atoms with Gasteiger partial charge in [0.05, 0.1) is 5.56 Å². The van der Waals surface area contributed by atoms with E-state index < -0.39 is 17.7 Å². The molecule has 2 atom stereocenters. The van der Waals surface area contributed by atoms with Gasteiger partial charge in [0.2, 0.25) is 0 Å². The highest BCUT2D eigenvalue weighted by molar-refractivity contribution is 9.10. The average molecular weight is 354 g/mol. The zero-order chi connectivity index (χ0) is 15.0. The molecule has 2 aromatic rings. The molecule has 1 aliphatic heterocycles. The standard InChI is InChI=1S/C16H14BrF2NO/c1-20-13-8-15(16-11(18)3-2-4-12(16)19)21-14-7-9(17)5-6-10(13)14/h2-7,13,15,20H,8H2,1H3. The van der Waals surface area contributed by atoms with Crippen LogP contribution in [0.1, 0.15) is 29.7 Å². The maximum atomic E-state index is 14.0. The van der Waals surface area contributed by atoms with Crippen LogP contribution in [0, 0.1) is 11.6 Å². The van der Waals surface area contributed by atoms with Crippen molar-refractivity contribution in [2.45, 2.75) is 18.6 Å². The van der Waals surface area contributed by atoms with E-state index in [2.05, 4.69) is 21.2 Å². The molecule has 3 rings (SSSR count). The van der Waals surface area contributed by atoms with Crippen LogP contribution in [0.25, 0.3) is 0 Å². The fourth-order valence-electron chi connectivity index (χ4n) is 2.71. The van der Waals surface area contributed by atoms with Crippen LogP contribution in [0.3, 0.4) is 0 Å². The second-order valence-corrected chi connectivity index (χ2v) is 5.92. The molecule has 0 radical (unpaired) electrons. The van der Waals surface area contributed by atoms with Gasteiger partial charge in [-0.1, -0.05) is 28.1 Å². The molecule has 5 heteroatoms. The van der Waals surface area contributed by atoms with Gasteiger partial charge >= 0.3 is 0 Å². The van der Waals surface area contributed by atoms with Crippen molar-refractivity contribution in [3.8, 4) is 5.75 Å². The SMILES string of the molecule is CNC1CC(c2c(F)cccc2F)Oc2cc(Br)ccc21. The van der Waals surface area contributed by atoms with E-state index in [-0.39, 0.29) is 11.6 Å². The topological polar surface area (TPSA) is 21.3 Å². The fourth-order valence-corrected chi connectivity index (χ4v) is 3.05. The van der Waals surface area contributed by atoms with E-state index in [0.29, 0.717) is 12.2 Å². The molecule has 0 bridgehead atoms.